The van der Waals surface area contributed by atoms with Gasteiger partial charge in [-0.3, -0.25) is 4.18 Å². The van der Waals surface area contributed by atoms with Gasteiger partial charge in [0.25, 0.3) is 0 Å². The Labute approximate surface area is 91.5 Å². The van der Waals surface area contributed by atoms with Gasteiger partial charge in [0.05, 0.1) is 6.10 Å². The molecule has 3 aliphatic heterocycles. The summed E-state index contributed by atoms with van der Waals surface area (Å²) in [6.07, 6.45) is 0.574. The number of halogens is 3. The lowest BCUT2D eigenvalue weighted by atomic mass is 9.86. The zero-order valence-electron chi connectivity index (χ0n) is 8.40. The molecular weight excluding hydrogens is 247 g/mol. The number of fused-ring (bicyclic) bond motifs is 3. The first-order chi connectivity index (χ1) is 7.29. The van der Waals surface area contributed by atoms with E-state index in [0.29, 0.717) is 12.8 Å². The molecule has 3 rings (SSSR count). The summed E-state index contributed by atoms with van der Waals surface area (Å²) in [5, 5.41) is 0. The standard InChI is InChI=1S/C8H12F3NO3S/c9-8(10,11)16(13,14)15-7-5-12-3-1-6(7)2-4-12/h6-7H,1-5H2. The molecule has 0 N–H and O–H groups in total. The molecule has 0 saturated carbocycles. The average Bonchev–Trinajstić information content (AvgIpc) is 2.17. The second-order valence-corrected chi connectivity index (χ2v) is 5.74. The predicted molar refractivity (Wildman–Crippen MR) is 49.0 cm³/mol. The summed E-state index contributed by atoms with van der Waals surface area (Å²) in [4.78, 5) is 1.93. The zero-order valence-corrected chi connectivity index (χ0v) is 9.22. The van der Waals surface area contributed by atoms with Gasteiger partial charge in [-0.1, -0.05) is 0 Å². The van der Waals surface area contributed by atoms with Crippen molar-refractivity contribution >= 4 is 10.1 Å². The fourth-order valence-electron chi connectivity index (χ4n) is 2.24. The Hall–Kier alpha value is -0.340. The second-order valence-electron chi connectivity index (χ2n) is 4.17. The minimum atomic E-state index is -5.45. The van der Waals surface area contributed by atoms with E-state index in [-0.39, 0.29) is 12.5 Å². The van der Waals surface area contributed by atoms with Crippen LogP contribution in [0.1, 0.15) is 12.8 Å². The average molecular weight is 259 g/mol. The van der Waals surface area contributed by atoms with E-state index in [2.05, 4.69) is 4.18 Å². The van der Waals surface area contributed by atoms with Crippen LogP contribution in [0.4, 0.5) is 13.2 Å². The van der Waals surface area contributed by atoms with Gasteiger partial charge >= 0.3 is 15.6 Å². The molecule has 1 atom stereocenters. The number of piperidine rings is 3. The SMILES string of the molecule is O=S(=O)(OC1CN2CCC1CC2)C(F)(F)F. The smallest absolute Gasteiger partial charge is 0.301 e. The van der Waals surface area contributed by atoms with Gasteiger partial charge in [0.2, 0.25) is 0 Å². The van der Waals surface area contributed by atoms with Crippen molar-refractivity contribution in [2.45, 2.75) is 24.5 Å². The Bertz CT molecular complexity index is 359. The molecule has 1 unspecified atom stereocenters. The quantitative estimate of drug-likeness (QED) is 0.547. The monoisotopic (exact) mass is 259 g/mol. The van der Waals surface area contributed by atoms with Crippen LogP contribution in [0.25, 0.3) is 0 Å². The molecule has 0 amide bonds. The Morgan fingerprint density at radius 3 is 2.12 bits per heavy atom. The van der Waals surface area contributed by atoms with Crippen LogP contribution in [-0.4, -0.2) is 44.6 Å². The third-order valence-electron chi connectivity index (χ3n) is 3.13. The third-order valence-corrected chi connectivity index (χ3v) is 4.20. The number of nitrogens with zero attached hydrogens (tertiary/aromatic N) is 1. The minimum absolute atomic E-state index is 0.0675. The highest BCUT2D eigenvalue weighted by Crippen LogP contribution is 2.33. The molecule has 3 saturated heterocycles. The van der Waals surface area contributed by atoms with Crippen molar-refractivity contribution in [1.29, 1.82) is 0 Å². The Morgan fingerprint density at radius 1 is 1.19 bits per heavy atom. The van der Waals surface area contributed by atoms with E-state index in [1.807, 2.05) is 4.90 Å². The first kappa shape index (κ1) is 12.1. The molecule has 8 heteroatoms. The number of hydrogen-bond acceptors (Lipinski definition) is 4. The van der Waals surface area contributed by atoms with Gasteiger partial charge in [0, 0.05) is 6.54 Å². The third kappa shape index (κ3) is 2.18. The van der Waals surface area contributed by atoms with E-state index in [9.17, 15) is 21.6 Å². The Kier molecular flexibility index (Phi) is 2.92. The van der Waals surface area contributed by atoms with Crippen LogP contribution < -0.4 is 0 Å². The first-order valence-electron chi connectivity index (χ1n) is 5.01. The lowest BCUT2D eigenvalue weighted by Gasteiger charge is -2.43. The lowest BCUT2D eigenvalue weighted by Crippen LogP contribution is -2.52. The molecule has 0 aromatic heterocycles. The maximum atomic E-state index is 12.1. The van der Waals surface area contributed by atoms with Crippen molar-refractivity contribution in [1.82, 2.24) is 4.90 Å². The molecule has 4 nitrogen and oxygen atoms in total. The fraction of sp³-hybridized carbons (Fsp3) is 1.00. The van der Waals surface area contributed by atoms with Crippen LogP contribution in [0.15, 0.2) is 0 Å². The summed E-state index contributed by atoms with van der Waals surface area (Å²) in [5.74, 6) is -0.0675. The number of hydrogen-bond donors (Lipinski definition) is 0. The van der Waals surface area contributed by atoms with Crippen LogP contribution >= 0.6 is 0 Å². The van der Waals surface area contributed by atoms with Crippen LogP contribution in [0.2, 0.25) is 0 Å². The van der Waals surface area contributed by atoms with Gasteiger partial charge in [-0.2, -0.15) is 21.6 Å². The second kappa shape index (κ2) is 3.85. The molecule has 0 aliphatic carbocycles. The van der Waals surface area contributed by atoms with E-state index in [1.54, 1.807) is 0 Å². The van der Waals surface area contributed by atoms with E-state index in [0.717, 1.165) is 13.1 Å². The lowest BCUT2D eigenvalue weighted by molar-refractivity contribution is -0.0696. The van der Waals surface area contributed by atoms with E-state index in [4.69, 9.17) is 0 Å². The normalized spacial score (nSPS) is 35.3. The zero-order chi connectivity index (χ0) is 12.0. The maximum absolute atomic E-state index is 12.1. The maximum Gasteiger partial charge on any atom is 0.523 e. The molecule has 0 radical (unpaired) electrons. The van der Waals surface area contributed by atoms with Crippen molar-refractivity contribution in [2.24, 2.45) is 5.92 Å². The molecule has 3 fully saturated rings. The Balaban J connectivity index is 2.06. The van der Waals surface area contributed by atoms with Crippen molar-refractivity contribution < 1.29 is 25.8 Å². The van der Waals surface area contributed by atoms with Crippen molar-refractivity contribution in [2.75, 3.05) is 19.6 Å². The minimum Gasteiger partial charge on any atom is -0.301 e. The molecule has 0 spiro atoms. The highest BCUT2D eigenvalue weighted by Gasteiger charge is 2.50. The van der Waals surface area contributed by atoms with E-state index < -0.39 is 21.7 Å². The van der Waals surface area contributed by atoms with Gasteiger partial charge in [-0.15, -0.1) is 0 Å². The summed E-state index contributed by atoms with van der Waals surface area (Å²) in [5.41, 5.74) is -5.32. The van der Waals surface area contributed by atoms with Gasteiger partial charge in [0.1, 0.15) is 0 Å². The number of rotatable bonds is 2. The molecule has 3 aliphatic rings. The van der Waals surface area contributed by atoms with Crippen molar-refractivity contribution in [3.05, 3.63) is 0 Å². The largest absolute Gasteiger partial charge is 0.523 e. The van der Waals surface area contributed by atoms with Crippen molar-refractivity contribution in [3.8, 4) is 0 Å². The van der Waals surface area contributed by atoms with Gasteiger partial charge in [-0.25, -0.2) is 0 Å². The molecule has 16 heavy (non-hydrogen) atoms. The molecule has 94 valence electrons. The van der Waals surface area contributed by atoms with Crippen LogP contribution in [0.3, 0.4) is 0 Å². The van der Waals surface area contributed by atoms with Gasteiger partial charge in [-0.05, 0) is 31.8 Å². The molecular formula is C8H12F3NO3S. The Morgan fingerprint density at radius 2 is 1.75 bits per heavy atom. The molecule has 3 heterocycles. The first-order valence-corrected chi connectivity index (χ1v) is 6.42. The summed E-state index contributed by atoms with van der Waals surface area (Å²) >= 11 is 0. The van der Waals surface area contributed by atoms with E-state index in [1.165, 1.54) is 0 Å². The van der Waals surface area contributed by atoms with E-state index >= 15 is 0 Å². The number of alkyl halides is 3. The molecule has 2 bridgehead atoms. The van der Waals surface area contributed by atoms with Gasteiger partial charge < -0.3 is 4.90 Å². The van der Waals surface area contributed by atoms with Gasteiger partial charge in [0.15, 0.2) is 0 Å². The van der Waals surface area contributed by atoms with Crippen LogP contribution in [0.5, 0.6) is 0 Å². The molecule has 0 aromatic carbocycles. The highest BCUT2D eigenvalue weighted by molar-refractivity contribution is 7.87. The van der Waals surface area contributed by atoms with Crippen LogP contribution in [0, 0.1) is 5.92 Å². The molecule has 0 aromatic rings. The topological polar surface area (TPSA) is 46.6 Å². The summed E-state index contributed by atoms with van der Waals surface area (Å²) in [6, 6.07) is 0. The highest BCUT2D eigenvalue weighted by atomic mass is 32.2. The van der Waals surface area contributed by atoms with Crippen LogP contribution in [-0.2, 0) is 14.3 Å². The predicted octanol–water partition coefficient (Wildman–Crippen LogP) is 0.947. The van der Waals surface area contributed by atoms with Crippen molar-refractivity contribution in [3.63, 3.8) is 0 Å². The summed E-state index contributed by atoms with van der Waals surface area (Å²) in [7, 11) is -5.45. The fourth-order valence-corrected chi connectivity index (χ4v) is 2.89. The summed E-state index contributed by atoms with van der Waals surface area (Å²) in [6.45, 7) is 1.91. The summed E-state index contributed by atoms with van der Waals surface area (Å²) < 4.78 is 62.3.